The highest BCUT2D eigenvalue weighted by atomic mass is 15.2. The van der Waals surface area contributed by atoms with Crippen LogP contribution in [0.25, 0.3) is 5.82 Å². The van der Waals surface area contributed by atoms with Crippen LogP contribution >= 0.6 is 0 Å². The molecule has 0 aliphatic carbocycles. The number of aryl methyl sites for hydroxylation is 1. The van der Waals surface area contributed by atoms with Crippen LogP contribution in [0.15, 0.2) is 66.0 Å². The summed E-state index contributed by atoms with van der Waals surface area (Å²) in [7, 11) is 0. The third kappa shape index (κ3) is 5.41. The number of hydrogen-bond acceptors (Lipinski definition) is 3. The van der Waals surface area contributed by atoms with E-state index in [4.69, 9.17) is 0 Å². The minimum Gasteiger partial charge on any atom is -0.357 e. The molecule has 2 aromatic heterocycles. The van der Waals surface area contributed by atoms with Crippen LogP contribution in [0.3, 0.4) is 0 Å². The number of nitrogens with zero attached hydrogens (tertiary/aromatic N) is 4. The Morgan fingerprint density at radius 3 is 2.56 bits per heavy atom. The number of pyridine rings is 1. The zero-order chi connectivity index (χ0) is 18.9. The molecule has 0 atom stereocenters. The monoisotopic (exact) mass is 362 g/mol. The van der Waals surface area contributed by atoms with Crippen molar-refractivity contribution in [2.24, 2.45) is 4.99 Å². The van der Waals surface area contributed by atoms with Crippen molar-refractivity contribution < 1.29 is 0 Å². The first-order valence-electron chi connectivity index (χ1n) is 9.27. The van der Waals surface area contributed by atoms with Crippen molar-refractivity contribution in [3.05, 3.63) is 78.0 Å². The van der Waals surface area contributed by atoms with E-state index in [9.17, 15) is 0 Å². The minimum absolute atomic E-state index is 0.580. The van der Waals surface area contributed by atoms with Gasteiger partial charge >= 0.3 is 0 Å². The Hall–Kier alpha value is -3.15. The van der Waals surface area contributed by atoms with Gasteiger partial charge < -0.3 is 10.6 Å². The van der Waals surface area contributed by atoms with E-state index in [0.717, 1.165) is 42.7 Å². The number of aliphatic imine (C=N–C) groups is 1. The van der Waals surface area contributed by atoms with Crippen molar-refractivity contribution >= 4 is 5.96 Å². The largest absolute Gasteiger partial charge is 0.357 e. The molecule has 3 rings (SSSR count). The third-order valence-corrected chi connectivity index (χ3v) is 4.19. The second-order valence-electron chi connectivity index (χ2n) is 6.23. The molecule has 0 saturated heterocycles. The summed E-state index contributed by atoms with van der Waals surface area (Å²) in [5.41, 5.74) is 2.38. The first-order valence-corrected chi connectivity index (χ1v) is 9.27. The fourth-order valence-corrected chi connectivity index (χ4v) is 2.75. The lowest BCUT2D eigenvalue weighted by atomic mass is 10.1. The molecule has 0 radical (unpaired) electrons. The van der Waals surface area contributed by atoms with Crippen molar-refractivity contribution in [2.75, 3.05) is 13.1 Å². The van der Waals surface area contributed by atoms with Crippen molar-refractivity contribution in [3.8, 4) is 5.82 Å². The summed E-state index contributed by atoms with van der Waals surface area (Å²) < 4.78 is 1.96. The normalized spacial score (nSPS) is 11.4. The van der Waals surface area contributed by atoms with E-state index in [1.807, 2.05) is 36.0 Å². The summed E-state index contributed by atoms with van der Waals surface area (Å²) in [6.07, 6.45) is 6.52. The predicted molar refractivity (Wildman–Crippen MR) is 109 cm³/mol. The van der Waals surface area contributed by atoms with Gasteiger partial charge in [-0.2, -0.15) is 0 Å². The maximum Gasteiger partial charge on any atom is 0.191 e. The van der Waals surface area contributed by atoms with E-state index < -0.39 is 0 Å². The van der Waals surface area contributed by atoms with Crippen LogP contribution in [-0.4, -0.2) is 33.6 Å². The molecule has 0 unspecified atom stereocenters. The van der Waals surface area contributed by atoms with Gasteiger partial charge in [-0.05, 0) is 37.5 Å². The second-order valence-corrected chi connectivity index (χ2v) is 6.23. The molecule has 0 spiro atoms. The summed E-state index contributed by atoms with van der Waals surface area (Å²) in [6, 6.07) is 14.5. The van der Waals surface area contributed by atoms with Gasteiger partial charge in [-0.3, -0.25) is 4.57 Å². The zero-order valence-corrected chi connectivity index (χ0v) is 15.9. The average Bonchev–Trinajstić information content (AvgIpc) is 3.13. The van der Waals surface area contributed by atoms with Gasteiger partial charge in [-0.15, -0.1) is 0 Å². The number of imidazole rings is 1. The summed E-state index contributed by atoms with van der Waals surface area (Å²) in [5.74, 6) is 2.61. The van der Waals surface area contributed by atoms with Crippen LogP contribution in [0.5, 0.6) is 0 Å². The first-order chi connectivity index (χ1) is 13.3. The Kier molecular flexibility index (Phi) is 6.57. The van der Waals surface area contributed by atoms with Crippen molar-refractivity contribution in [1.29, 1.82) is 0 Å². The molecule has 1 aromatic carbocycles. The number of guanidine groups is 1. The van der Waals surface area contributed by atoms with Crippen molar-refractivity contribution in [2.45, 2.75) is 26.8 Å². The van der Waals surface area contributed by atoms with Gasteiger partial charge in [0, 0.05) is 31.7 Å². The minimum atomic E-state index is 0.580. The Morgan fingerprint density at radius 2 is 1.89 bits per heavy atom. The van der Waals surface area contributed by atoms with Gasteiger partial charge in [0.05, 0.1) is 6.54 Å². The number of rotatable bonds is 7. The fourth-order valence-electron chi connectivity index (χ4n) is 2.75. The Bertz CT molecular complexity index is 852. The predicted octanol–water partition coefficient (Wildman–Crippen LogP) is 2.87. The van der Waals surface area contributed by atoms with Crippen LogP contribution in [0.2, 0.25) is 0 Å². The molecule has 0 aliphatic heterocycles. The number of aromatic nitrogens is 3. The molecule has 0 bridgehead atoms. The van der Waals surface area contributed by atoms with Gasteiger partial charge in [0.1, 0.15) is 11.6 Å². The van der Waals surface area contributed by atoms with E-state index in [1.165, 1.54) is 5.56 Å². The Morgan fingerprint density at radius 1 is 1.04 bits per heavy atom. The summed E-state index contributed by atoms with van der Waals surface area (Å²) >= 11 is 0. The van der Waals surface area contributed by atoms with E-state index in [0.29, 0.717) is 6.54 Å². The van der Waals surface area contributed by atoms with E-state index in [1.54, 1.807) is 6.20 Å². The summed E-state index contributed by atoms with van der Waals surface area (Å²) in [5, 5.41) is 6.67. The molecule has 0 aliphatic rings. The molecule has 2 N–H and O–H groups in total. The first kappa shape index (κ1) is 18.6. The molecule has 2 heterocycles. The van der Waals surface area contributed by atoms with Crippen LogP contribution in [0.1, 0.15) is 23.9 Å². The number of benzene rings is 1. The molecular weight excluding hydrogens is 336 g/mol. The molecule has 0 fully saturated rings. The van der Waals surface area contributed by atoms with Gasteiger partial charge in [0.15, 0.2) is 5.96 Å². The molecule has 6 heteroatoms. The molecule has 140 valence electrons. The lowest BCUT2D eigenvalue weighted by Gasteiger charge is -2.11. The van der Waals surface area contributed by atoms with Crippen LogP contribution in [-0.2, 0) is 13.0 Å². The Labute approximate surface area is 160 Å². The maximum absolute atomic E-state index is 4.66. The van der Waals surface area contributed by atoms with Gasteiger partial charge in [-0.1, -0.05) is 36.4 Å². The molecule has 0 saturated carbocycles. The summed E-state index contributed by atoms with van der Waals surface area (Å²) in [4.78, 5) is 13.4. The van der Waals surface area contributed by atoms with Gasteiger partial charge in [0.25, 0.3) is 0 Å². The van der Waals surface area contributed by atoms with Crippen LogP contribution < -0.4 is 10.6 Å². The lowest BCUT2D eigenvalue weighted by Crippen LogP contribution is -2.38. The SMILES string of the molecule is CCNC(=NCc1ccc(-n2ccnc2C)nc1)NCCc1ccccc1. The third-order valence-electron chi connectivity index (χ3n) is 4.19. The molecule has 0 amide bonds. The highest BCUT2D eigenvalue weighted by Crippen LogP contribution is 2.09. The maximum atomic E-state index is 4.66. The standard InChI is InChI=1S/C21H26N6/c1-3-22-21(24-12-11-18-7-5-4-6-8-18)26-16-19-9-10-20(25-15-19)27-14-13-23-17(27)2/h4-10,13-15H,3,11-12,16H2,1-2H3,(H2,22,24,26). The number of nitrogens with one attached hydrogen (secondary N) is 2. The highest BCUT2D eigenvalue weighted by molar-refractivity contribution is 5.79. The molecule has 3 aromatic rings. The number of hydrogen-bond donors (Lipinski definition) is 2. The van der Waals surface area contributed by atoms with E-state index >= 15 is 0 Å². The molecule has 6 nitrogen and oxygen atoms in total. The van der Waals surface area contributed by atoms with Gasteiger partial charge in [-0.25, -0.2) is 15.0 Å². The topological polar surface area (TPSA) is 67.1 Å². The average molecular weight is 362 g/mol. The van der Waals surface area contributed by atoms with E-state index in [-0.39, 0.29) is 0 Å². The fraction of sp³-hybridized carbons (Fsp3) is 0.286. The van der Waals surface area contributed by atoms with Crippen molar-refractivity contribution in [1.82, 2.24) is 25.2 Å². The quantitative estimate of drug-likeness (QED) is 0.501. The van der Waals surface area contributed by atoms with Crippen molar-refractivity contribution in [3.63, 3.8) is 0 Å². The smallest absolute Gasteiger partial charge is 0.191 e. The Balaban J connectivity index is 1.56. The molecular formula is C21H26N6. The summed E-state index contributed by atoms with van der Waals surface area (Å²) in [6.45, 7) is 6.28. The van der Waals surface area contributed by atoms with Gasteiger partial charge in [0.2, 0.25) is 0 Å². The second kappa shape index (κ2) is 9.52. The molecule has 27 heavy (non-hydrogen) atoms. The van der Waals surface area contributed by atoms with Crippen LogP contribution in [0, 0.1) is 6.92 Å². The van der Waals surface area contributed by atoms with E-state index in [2.05, 4.69) is 62.8 Å². The van der Waals surface area contributed by atoms with Crippen LogP contribution in [0.4, 0.5) is 0 Å². The zero-order valence-electron chi connectivity index (χ0n) is 15.9. The highest BCUT2D eigenvalue weighted by Gasteiger charge is 2.02. The lowest BCUT2D eigenvalue weighted by molar-refractivity contribution is 0.799.